The SMILES string of the molecule is Nc1cc(-c2ccnc(Nc3cccc(NC(=O)NCCO)c3)n2)ccc1OC1CCOCC1. The van der Waals surface area contributed by atoms with E-state index in [1.807, 2.05) is 30.3 Å². The number of ether oxygens (including phenoxy) is 2. The Morgan fingerprint density at radius 3 is 2.76 bits per heavy atom. The number of aliphatic hydroxyl groups excluding tert-OH is 1. The Morgan fingerprint density at radius 1 is 1.15 bits per heavy atom. The first-order valence-electron chi connectivity index (χ1n) is 11.1. The molecule has 1 saturated heterocycles. The summed E-state index contributed by atoms with van der Waals surface area (Å²) in [6.07, 6.45) is 3.48. The number of anilines is 4. The van der Waals surface area contributed by atoms with E-state index in [2.05, 4.69) is 25.9 Å². The molecule has 2 amide bonds. The van der Waals surface area contributed by atoms with Crippen molar-refractivity contribution < 1.29 is 19.4 Å². The molecular weight excluding hydrogens is 436 g/mol. The number of nitrogens with zero attached hydrogens (tertiary/aromatic N) is 2. The lowest BCUT2D eigenvalue weighted by Gasteiger charge is -2.24. The number of hydrogen-bond donors (Lipinski definition) is 5. The van der Waals surface area contributed by atoms with Gasteiger partial charge in [-0.3, -0.25) is 0 Å². The van der Waals surface area contributed by atoms with Gasteiger partial charge in [0.05, 0.1) is 31.2 Å². The van der Waals surface area contributed by atoms with Crippen molar-refractivity contribution in [2.45, 2.75) is 18.9 Å². The van der Waals surface area contributed by atoms with Gasteiger partial charge in [0, 0.05) is 42.5 Å². The van der Waals surface area contributed by atoms with Crippen LogP contribution in [0.2, 0.25) is 0 Å². The molecule has 2 aromatic carbocycles. The van der Waals surface area contributed by atoms with E-state index < -0.39 is 6.03 Å². The molecule has 3 aromatic rings. The van der Waals surface area contributed by atoms with Crippen molar-refractivity contribution in [1.29, 1.82) is 0 Å². The van der Waals surface area contributed by atoms with Crippen molar-refractivity contribution in [2.75, 3.05) is 42.7 Å². The molecule has 0 radical (unpaired) electrons. The molecule has 0 saturated carbocycles. The molecule has 178 valence electrons. The first-order chi connectivity index (χ1) is 16.6. The van der Waals surface area contributed by atoms with E-state index in [-0.39, 0.29) is 19.3 Å². The van der Waals surface area contributed by atoms with E-state index in [1.54, 1.807) is 24.4 Å². The number of carbonyl (C=O) groups is 1. The fraction of sp³-hybridized carbons (Fsp3) is 0.292. The zero-order valence-electron chi connectivity index (χ0n) is 18.7. The van der Waals surface area contributed by atoms with Gasteiger partial charge in [-0.15, -0.1) is 0 Å². The summed E-state index contributed by atoms with van der Waals surface area (Å²) in [6, 6.07) is 14.2. The first-order valence-corrected chi connectivity index (χ1v) is 11.1. The van der Waals surface area contributed by atoms with E-state index in [4.69, 9.17) is 20.3 Å². The van der Waals surface area contributed by atoms with E-state index in [1.165, 1.54) is 0 Å². The molecular formula is C24H28N6O4. The van der Waals surface area contributed by atoms with Crippen molar-refractivity contribution in [3.8, 4) is 17.0 Å². The quantitative estimate of drug-likeness (QED) is 0.320. The molecule has 0 unspecified atom stereocenters. The van der Waals surface area contributed by atoms with Crippen LogP contribution in [0.5, 0.6) is 5.75 Å². The second-order valence-corrected chi connectivity index (χ2v) is 7.76. The lowest BCUT2D eigenvalue weighted by molar-refractivity contribution is 0.0259. The maximum absolute atomic E-state index is 11.8. The zero-order chi connectivity index (χ0) is 23.8. The number of nitrogens with one attached hydrogen (secondary N) is 3. The molecule has 4 rings (SSSR count). The Labute approximate surface area is 197 Å². The monoisotopic (exact) mass is 464 g/mol. The molecule has 34 heavy (non-hydrogen) atoms. The number of benzene rings is 2. The average Bonchev–Trinajstić information content (AvgIpc) is 2.85. The minimum Gasteiger partial charge on any atom is -0.488 e. The summed E-state index contributed by atoms with van der Waals surface area (Å²) in [5, 5.41) is 17.2. The molecule has 2 heterocycles. The number of nitrogen functional groups attached to an aromatic ring is 1. The van der Waals surface area contributed by atoms with Gasteiger partial charge < -0.3 is 36.3 Å². The third-order valence-corrected chi connectivity index (χ3v) is 5.20. The van der Waals surface area contributed by atoms with Gasteiger partial charge in [-0.1, -0.05) is 6.07 Å². The first kappa shape index (κ1) is 23.3. The van der Waals surface area contributed by atoms with Crippen molar-refractivity contribution in [3.63, 3.8) is 0 Å². The Bertz CT molecular complexity index is 1120. The van der Waals surface area contributed by atoms with Crippen LogP contribution in [0.4, 0.5) is 27.8 Å². The number of nitrogens with two attached hydrogens (primary N) is 1. The number of aromatic nitrogens is 2. The Balaban J connectivity index is 1.43. The number of aliphatic hydroxyl groups is 1. The molecule has 0 atom stereocenters. The van der Waals surface area contributed by atoms with Crippen LogP contribution in [0.25, 0.3) is 11.3 Å². The van der Waals surface area contributed by atoms with Gasteiger partial charge >= 0.3 is 6.03 Å². The van der Waals surface area contributed by atoms with Crippen LogP contribution in [-0.2, 0) is 4.74 Å². The van der Waals surface area contributed by atoms with Crippen molar-refractivity contribution >= 4 is 29.0 Å². The maximum atomic E-state index is 11.8. The topological polar surface area (TPSA) is 144 Å². The summed E-state index contributed by atoms with van der Waals surface area (Å²) in [7, 11) is 0. The standard InChI is InChI=1S/C24H28N6O4/c25-20-14-16(4-5-22(20)34-19-7-12-33-13-8-19)21-6-9-26-23(30-21)28-17-2-1-3-18(15-17)29-24(32)27-10-11-31/h1-6,9,14-15,19,31H,7-8,10-13,25H2,(H,26,28,30)(H2,27,29,32). The highest BCUT2D eigenvalue weighted by Crippen LogP contribution is 2.30. The Hall–Kier alpha value is -3.89. The fourth-order valence-electron chi connectivity index (χ4n) is 3.52. The average molecular weight is 465 g/mol. The van der Waals surface area contributed by atoms with Crippen LogP contribution in [0.15, 0.2) is 54.7 Å². The number of rotatable bonds is 8. The van der Waals surface area contributed by atoms with Crippen LogP contribution in [0.3, 0.4) is 0 Å². The maximum Gasteiger partial charge on any atom is 0.319 e. The summed E-state index contributed by atoms with van der Waals surface area (Å²) >= 11 is 0. The second kappa shape index (κ2) is 11.3. The lowest BCUT2D eigenvalue weighted by atomic mass is 10.1. The zero-order valence-corrected chi connectivity index (χ0v) is 18.7. The number of hydrogen-bond acceptors (Lipinski definition) is 8. The third-order valence-electron chi connectivity index (χ3n) is 5.20. The van der Waals surface area contributed by atoms with Gasteiger partial charge in [0.15, 0.2) is 0 Å². The molecule has 0 spiro atoms. The van der Waals surface area contributed by atoms with Gasteiger partial charge in [-0.25, -0.2) is 14.8 Å². The molecule has 10 heteroatoms. The van der Waals surface area contributed by atoms with E-state index in [0.717, 1.165) is 18.4 Å². The van der Waals surface area contributed by atoms with Crippen LogP contribution in [0.1, 0.15) is 12.8 Å². The molecule has 10 nitrogen and oxygen atoms in total. The largest absolute Gasteiger partial charge is 0.488 e. The van der Waals surface area contributed by atoms with Crippen LogP contribution >= 0.6 is 0 Å². The van der Waals surface area contributed by atoms with Crippen LogP contribution in [0, 0.1) is 0 Å². The highest BCUT2D eigenvalue weighted by Gasteiger charge is 2.17. The van der Waals surface area contributed by atoms with E-state index in [0.29, 0.717) is 47.7 Å². The summed E-state index contributed by atoms with van der Waals surface area (Å²) in [5.74, 6) is 1.07. The van der Waals surface area contributed by atoms with Gasteiger partial charge in [-0.05, 0) is 42.5 Å². The van der Waals surface area contributed by atoms with Gasteiger partial charge in [-0.2, -0.15) is 0 Å². The fourth-order valence-corrected chi connectivity index (χ4v) is 3.52. The summed E-state index contributed by atoms with van der Waals surface area (Å²) in [5.41, 5.74) is 9.65. The predicted molar refractivity (Wildman–Crippen MR) is 130 cm³/mol. The minimum absolute atomic E-state index is 0.114. The van der Waals surface area contributed by atoms with Gasteiger partial charge in [0.25, 0.3) is 0 Å². The van der Waals surface area contributed by atoms with Crippen LogP contribution in [-0.4, -0.2) is 53.6 Å². The number of carbonyl (C=O) groups excluding carboxylic acids is 1. The Kier molecular flexibility index (Phi) is 7.74. The molecule has 0 aliphatic carbocycles. The molecule has 1 aromatic heterocycles. The van der Waals surface area contributed by atoms with Gasteiger partial charge in [0.2, 0.25) is 5.95 Å². The normalized spacial score (nSPS) is 13.8. The predicted octanol–water partition coefficient (Wildman–Crippen LogP) is 3.14. The molecule has 1 fully saturated rings. The summed E-state index contributed by atoms with van der Waals surface area (Å²) in [6.45, 7) is 1.46. The molecule has 0 bridgehead atoms. The van der Waals surface area contributed by atoms with E-state index in [9.17, 15) is 4.79 Å². The third kappa shape index (κ3) is 6.33. The van der Waals surface area contributed by atoms with Crippen molar-refractivity contribution in [3.05, 3.63) is 54.7 Å². The Morgan fingerprint density at radius 2 is 1.97 bits per heavy atom. The second-order valence-electron chi connectivity index (χ2n) is 7.76. The summed E-state index contributed by atoms with van der Waals surface area (Å²) < 4.78 is 11.4. The minimum atomic E-state index is -0.397. The molecule has 6 N–H and O–H groups in total. The van der Waals surface area contributed by atoms with Crippen molar-refractivity contribution in [1.82, 2.24) is 15.3 Å². The highest BCUT2D eigenvalue weighted by molar-refractivity contribution is 5.89. The smallest absolute Gasteiger partial charge is 0.319 e. The van der Waals surface area contributed by atoms with Crippen molar-refractivity contribution in [2.24, 2.45) is 0 Å². The molecule has 1 aliphatic rings. The summed E-state index contributed by atoms with van der Waals surface area (Å²) in [4.78, 5) is 20.7. The highest BCUT2D eigenvalue weighted by atomic mass is 16.5. The lowest BCUT2D eigenvalue weighted by Crippen LogP contribution is -2.30. The van der Waals surface area contributed by atoms with Gasteiger partial charge in [0.1, 0.15) is 11.9 Å². The number of urea groups is 1. The van der Waals surface area contributed by atoms with Crippen LogP contribution < -0.4 is 26.4 Å². The molecule has 1 aliphatic heterocycles. The van der Waals surface area contributed by atoms with E-state index >= 15 is 0 Å². The number of amides is 2.